The molecular formula is C18H19N3O2. The fourth-order valence-electron chi connectivity index (χ4n) is 2.40. The van der Waals surface area contributed by atoms with Crippen molar-refractivity contribution in [2.75, 3.05) is 0 Å². The molecule has 23 heavy (non-hydrogen) atoms. The Bertz CT molecular complexity index is 813. The minimum absolute atomic E-state index is 0.206. The molecule has 5 heteroatoms. The number of aromatic nitrogens is 3. The summed E-state index contributed by atoms with van der Waals surface area (Å²) in [5, 5.41) is 4.25. The smallest absolute Gasteiger partial charge is 0.360 e. The molecular weight excluding hydrogens is 290 g/mol. The molecule has 0 atom stereocenters. The van der Waals surface area contributed by atoms with Gasteiger partial charge in [0.05, 0.1) is 11.9 Å². The number of rotatable bonds is 4. The largest absolute Gasteiger partial charge is 0.422 e. The zero-order valence-electron chi connectivity index (χ0n) is 13.4. The third-order valence-electron chi connectivity index (χ3n) is 3.57. The Kier molecular flexibility index (Phi) is 4.02. The van der Waals surface area contributed by atoms with Crippen LogP contribution in [0.1, 0.15) is 35.9 Å². The summed E-state index contributed by atoms with van der Waals surface area (Å²) in [4.78, 5) is 12.3. The first-order valence-electron chi connectivity index (χ1n) is 7.55. The van der Waals surface area contributed by atoms with E-state index in [4.69, 9.17) is 4.74 Å². The second-order valence-corrected chi connectivity index (χ2v) is 5.74. The van der Waals surface area contributed by atoms with Crippen LogP contribution in [0.4, 0.5) is 0 Å². The lowest BCUT2D eigenvalue weighted by Crippen LogP contribution is -2.15. The Morgan fingerprint density at radius 2 is 1.91 bits per heavy atom. The van der Waals surface area contributed by atoms with E-state index < -0.39 is 0 Å². The van der Waals surface area contributed by atoms with Gasteiger partial charge in [0.2, 0.25) is 0 Å². The molecule has 0 fully saturated rings. The van der Waals surface area contributed by atoms with E-state index in [9.17, 15) is 4.79 Å². The van der Waals surface area contributed by atoms with Crippen molar-refractivity contribution in [3.63, 3.8) is 0 Å². The van der Waals surface area contributed by atoms with Crippen molar-refractivity contribution in [3.05, 3.63) is 66.2 Å². The average molecular weight is 309 g/mol. The van der Waals surface area contributed by atoms with Crippen molar-refractivity contribution >= 4 is 5.97 Å². The van der Waals surface area contributed by atoms with Gasteiger partial charge in [0.25, 0.3) is 0 Å². The van der Waals surface area contributed by atoms with Crippen molar-refractivity contribution in [1.29, 1.82) is 0 Å². The molecule has 3 aromatic rings. The van der Waals surface area contributed by atoms with Gasteiger partial charge in [0, 0.05) is 18.4 Å². The summed E-state index contributed by atoms with van der Waals surface area (Å²) in [5.74, 6) is 0.158. The average Bonchev–Trinajstić information content (AvgIpc) is 3.16. The molecule has 0 N–H and O–H groups in total. The molecule has 3 rings (SSSR count). The Balaban J connectivity index is 1.75. The lowest BCUT2D eigenvalue weighted by atomic mass is 10.3. The maximum absolute atomic E-state index is 12.3. The van der Waals surface area contributed by atoms with Gasteiger partial charge in [-0.1, -0.05) is 0 Å². The standard InChI is InChI=1S/C18H19N3O2/c1-13(2)20-10-4-5-17(20)18(22)23-16-8-6-15(7-9-16)21-12-14(3)11-19-21/h4-13H,1-3H3. The Morgan fingerprint density at radius 1 is 1.17 bits per heavy atom. The lowest BCUT2D eigenvalue weighted by Gasteiger charge is -2.12. The van der Waals surface area contributed by atoms with Gasteiger partial charge in [0.1, 0.15) is 11.4 Å². The topological polar surface area (TPSA) is 49.1 Å². The highest BCUT2D eigenvalue weighted by Gasteiger charge is 2.15. The van der Waals surface area contributed by atoms with Gasteiger partial charge in [-0.2, -0.15) is 5.10 Å². The minimum Gasteiger partial charge on any atom is -0.422 e. The number of nitrogens with zero attached hydrogens (tertiary/aromatic N) is 3. The summed E-state index contributed by atoms with van der Waals surface area (Å²) < 4.78 is 9.13. The maximum atomic E-state index is 12.3. The normalized spacial score (nSPS) is 11.0. The van der Waals surface area contributed by atoms with Crippen LogP contribution < -0.4 is 4.74 Å². The van der Waals surface area contributed by atoms with Crippen LogP contribution in [0.3, 0.4) is 0 Å². The van der Waals surface area contributed by atoms with Crippen LogP contribution in [0.25, 0.3) is 5.69 Å². The summed E-state index contributed by atoms with van der Waals surface area (Å²) in [6.45, 7) is 6.04. The first-order chi connectivity index (χ1) is 11.0. The second kappa shape index (κ2) is 6.12. The molecule has 0 aliphatic rings. The molecule has 0 amide bonds. The molecule has 0 unspecified atom stereocenters. The SMILES string of the molecule is Cc1cnn(-c2ccc(OC(=O)c3cccn3C(C)C)cc2)c1. The summed E-state index contributed by atoms with van der Waals surface area (Å²) in [6.07, 6.45) is 5.62. The first-order valence-corrected chi connectivity index (χ1v) is 7.55. The number of benzene rings is 1. The molecule has 2 aromatic heterocycles. The van der Waals surface area contributed by atoms with Crippen LogP contribution in [0.5, 0.6) is 5.75 Å². The highest BCUT2D eigenvalue weighted by Crippen LogP contribution is 2.18. The van der Waals surface area contributed by atoms with Gasteiger partial charge >= 0.3 is 5.97 Å². The quantitative estimate of drug-likeness (QED) is 0.544. The van der Waals surface area contributed by atoms with E-state index in [1.54, 1.807) is 29.1 Å². The fourth-order valence-corrected chi connectivity index (χ4v) is 2.40. The molecule has 0 saturated heterocycles. The van der Waals surface area contributed by atoms with Crippen molar-refractivity contribution in [3.8, 4) is 11.4 Å². The van der Waals surface area contributed by atoms with Gasteiger partial charge in [-0.05, 0) is 62.7 Å². The number of carbonyl (C=O) groups excluding carboxylic acids is 1. The monoisotopic (exact) mass is 309 g/mol. The van der Waals surface area contributed by atoms with Crippen LogP contribution in [-0.4, -0.2) is 20.3 Å². The Hall–Kier alpha value is -2.82. The van der Waals surface area contributed by atoms with Crippen LogP contribution >= 0.6 is 0 Å². The molecule has 0 aliphatic heterocycles. The molecule has 0 spiro atoms. The van der Waals surface area contributed by atoms with Gasteiger partial charge in [-0.3, -0.25) is 0 Å². The van der Waals surface area contributed by atoms with Gasteiger partial charge < -0.3 is 9.30 Å². The van der Waals surface area contributed by atoms with Crippen LogP contribution in [-0.2, 0) is 0 Å². The third kappa shape index (κ3) is 3.18. The number of hydrogen-bond donors (Lipinski definition) is 0. The van der Waals surface area contributed by atoms with Crippen molar-refractivity contribution in [2.24, 2.45) is 0 Å². The number of hydrogen-bond acceptors (Lipinski definition) is 3. The molecule has 0 radical (unpaired) electrons. The molecule has 0 aliphatic carbocycles. The van der Waals surface area contributed by atoms with Gasteiger partial charge in [-0.25, -0.2) is 9.48 Å². The van der Waals surface area contributed by atoms with E-state index in [0.29, 0.717) is 11.4 Å². The molecule has 118 valence electrons. The summed E-state index contributed by atoms with van der Waals surface area (Å²) in [7, 11) is 0. The number of aryl methyl sites for hydroxylation is 1. The molecule has 1 aromatic carbocycles. The number of ether oxygens (including phenoxy) is 1. The highest BCUT2D eigenvalue weighted by atomic mass is 16.5. The van der Waals surface area contributed by atoms with Crippen molar-refractivity contribution in [2.45, 2.75) is 26.8 Å². The molecule has 0 saturated carbocycles. The van der Waals surface area contributed by atoms with Crippen LogP contribution in [0, 0.1) is 6.92 Å². The van der Waals surface area contributed by atoms with E-state index >= 15 is 0 Å². The third-order valence-corrected chi connectivity index (χ3v) is 3.57. The minimum atomic E-state index is -0.355. The molecule has 0 bridgehead atoms. The fraction of sp³-hybridized carbons (Fsp3) is 0.222. The Labute approximate surface area is 135 Å². The van der Waals surface area contributed by atoms with Crippen LogP contribution in [0.15, 0.2) is 55.0 Å². The van der Waals surface area contributed by atoms with Gasteiger partial charge in [0.15, 0.2) is 0 Å². The number of esters is 1. The number of carbonyl (C=O) groups is 1. The highest BCUT2D eigenvalue weighted by molar-refractivity contribution is 5.89. The predicted octanol–water partition coefficient (Wildman–Crippen LogP) is 3.78. The Morgan fingerprint density at radius 3 is 2.52 bits per heavy atom. The molecule has 2 heterocycles. The summed E-state index contributed by atoms with van der Waals surface area (Å²) in [6, 6.07) is 11.1. The predicted molar refractivity (Wildman–Crippen MR) is 88.1 cm³/mol. The second-order valence-electron chi connectivity index (χ2n) is 5.74. The van der Waals surface area contributed by atoms with E-state index in [2.05, 4.69) is 5.10 Å². The summed E-state index contributed by atoms with van der Waals surface area (Å²) in [5.41, 5.74) is 2.56. The van der Waals surface area contributed by atoms with E-state index in [-0.39, 0.29) is 12.0 Å². The maximum Gasteiger partial charge on any atom is 0.360 e. The van der Waals surface area contributed by atoms with E-state index in [1.165, 1.54) is 0 Å². The zero-order chi connectivity index (χ0) is 16.4. The zero-order valence-corrected chi connectivity index (χ0v) is 13.4. The van der Waals surface area contributed by atoms with Crippen molar-refractivity contribution < 1.29 is 9.53 Å². The van der Waals surface area contributed by atoms with E-state index in [1.807, 2.05) is 55.9 Å². The van der Waals surface area contributed by atoms with Gasteiger partial charge in [-0.15, -0.1) is 0 Å². The van der Waals surface area contributed by atoms with Crippen molar-refractivity contribution in [1.82, 2.24) is 14.3 Å². The first kappa shape index (κ1) is 15.1. The molecule has 5 nitrogen and oxygen atoms in total. The van der Waals surface area contributed by atoms with E-state index in [0.717, 1.165) is 11.3 Å². The summed E-state index contributed by atoms with van der Waals surface area (Å²) >= 11 is 0. The van der Waals surface area contributed by atoms with Crippen LogP contribution in [0.2, 0.25) is 0 Å². The lowest BCUT2D eigenvalue weighted by molar-refractivity contribution is 0.0721.